The number of carbonyl (C=O) groups is 1. The molecule has 2 nitrogen and oxygen atoms in total. The number of allylic oxidation sites excluding steroid dienone is 1. The lowest BCUT2D eigenvalue weighted by Crippen LogP contribution is -2.19. The van der Waals surface area contributed by atoms with Gasteiger partial charge < -0.3 is 5.32 Å². The zero-order valence-corrected chi connectivity index (χ0v) is 7.18. The van der Waals surface area contributed by atoms with Crippen molar-refractivity contribution < 1.29 is 4.79 Å². The van der Waals surface area contributed by atoms with Gasteiger partial charge in [0.05, 0.1) is 0 Å². The molecule has 0 spiro atoms. The van der Waals surface area contributed by atoms with Crippen LogP contribution in [-0.4, -0.2) is 18.4 Å². The van der Waals surface area contributed by atoms with Crippen molar-refractivity contribution in [2.45, 2.75) is 32.7 Å². The number of rotatable bonds is 2. The fourth-order valence-corrected chi connectivity index (χ4v) is 1.27. The van der Waals surface area contributed by atoms with Crippen molar-refractivity contribution in [3.63, 3.8) is 0 Å². The van der Waals surface area contributed by atoms with Gasteiger partial charge in [0.25, 0.3) is 0 Å². The van der Waals surface area contributed by atoms with Crippen molar-refractivity contribution in [2.75, 3.05) is 6.54 Å². The van der Waals surface area contributed by atoms with Crippen molar-refractivity contribution in [2.24, 2.45) is 0 Å². The summed E-state index contributed by atoms with van der Waals surface area (Å²) in [6.07, 6.45) is 4.44. The molecule has 1 saturated heterocycles. The molecule has 62 valence electrons. The van der Waals surface area contributed by atoms with Gasteiger partial charge in [-0.1, -0.05) is 6.08 Å². The van der Waals surface area contributed by atoms with E-state index in [9.17, 15) is 4.79 Å². The van der Waals surface area contributed by atoms with Crippen LogP contribution in [0.2, 0.25) is 0 Å². The third-order valence-corrected chi connectivity index (χ3v) is 2.10. The topological polar surface area (TPSA) is 29.1 Å². The Balaban J connectivity index is 2.49. The van der Waals surface area contributed by atoms with Crippen LogP contribution in [0, 0.1) is 0 Å². The van der Waals surface area contributed by atoms with E-state index in [1.807, 2.05) is 13.0 Å². The van der Waals surface area contributed by atoms with Crippen molar-refractivity contribution >= 4 is 5.78 Å². The van der Waals surface area contributed by atoms with Crippen LogP contribution in [0.25, 0.3) is 0 Å². The molecule has 0 bridgehead atoms. The molecule has 1 unspecified atom stereocenters. The SMILES string of the molecule is CC(=O)C(C)=CC1CCCN1. The van der Waals surface area contributed by atoms with E-state index in [2.05, 4.69) is 5.32 Å². The van der Waals surface area contributed by atoms with E-state index < -0.39 is 0 Å². The molecule has 0 aliphatic carbocycles. The highest BCUT2D eigenvalue weighted by Gasteiger charge is 2.11. The molecular weight excluding hydrogens is 138 g/mol. The highest BCUT2D eigenvalue weighted by atomic mass is 16.1. The monoisotopic (exact) mass is 153 g/mol. The largest absolute Gasteiger partial charge is 0.310 e. The lowest BCUT2D eigenvalue weighted by atomic mass is 10.1. The maximum Gasteiger partial charge on any atom is 0.155 e. The molecule has 2 heteroatoms. The molecule has 0 aromatic heterocycles. The average molecular weight is 153 g/mol. The molecular formula is C9H15NO. The van der Waals surface area contributed by atoms with Crippen LogP contribution >= 0.6 is 0 Å². The third kappa shape index (κ3) is 2.46. The van der Waals surface area contributed by atoms with E-state index in [-0.39, 0.29) is 5.78 Å². The third-order valence-electron chi connectivity index (χ3n) is 2.10. The van der Waals surface area contributed by atoms with E-state index in [0.29, 0.717) is 6.04 Å². The van der Waals surface area contributed by atoms with Gasteiger partial charge in [-0.15, -0.1) is 0 Å². The van der Waals surface area contributed by atoms with E-state index >= 15 is 0 Å². The van der Waals surface area contributed by atoms with Crippen molar-refractivity contribution in [1.82, 2.24) is 5.32 Å². The molecule has 1 aliphatic rings. The van der Waals surface area contributed by atoms with Crippen LogP contribution in [0.15, 0.2) is 11.6 Å². The second-order valence-corrected chi connectivity index (χ2v) is 3.11. The van der Waals surface area contributed by atoms with Gasteiger partial charge in [-0.25, -0.2) is 0 Å². The summed E-state index contributed by atoms with van der Waals surface area (Å²) in [5.41, 5.74) is 0.879. The Morgan fingerprint density at radius 2 is 2.27 bits per heavy atom. The zero-order valence-electron chi connectivity index (χ0n) is 7.18. The van der Waals surface area contributed by atoms with E-state index in [1.54, 1.807) is 6.92 Å². The number of hydrogen-bond acceptors (Lipinski definition) is 2. The Morgan fingerprint density at radius 3 is 2.73 bits per heavy atom. The van der Waals surface area contributed by atoms with Crippen LogP contribution < -0.4 is 5.32 Å². The van der Waals surface area contributed by atoms with E-state index in [0.717, 1.165) is 12.1 Å². The fraction of sp³-hybridized carbons (Fsp3) is 0.667. The Kier molecular flexibility index (Phi) is 2.83. The molecule has 0 amide bonds. The maximum absolute atomic E-state index is 10.8. The first kappa shape index (κ1) is 8.47. The Labute approximate surface area is 67.7 Å². The fourth-order valence-electron chi connectivity index (χ4n) is 1.27. The molecule has 1 heterocycles. The lowest BCUT2D eigenvalue weighted by Gasteiger charge is -2.03. The molecule has 0 aromatic carbocycles. The highest BCUT2D eigenvalue weighted by Crippen LogP contribution is 2.08. The predicted molar refractivity (Wildman–Crippen MR) is 45.5 cm³/mol. The summed E-state index contributed by atoms with van der Waals surface area (Å²) in [6, 6.07) is 0.443. The maximum atomic E-state index is 10.8. The number of hydrogen-bond donors (Lipinski definition) is 1. The van der Waals surface area contributed by atoms with Crippen LogP contribution in [-0.2, 0) is 4.79 Å². The molecule has 11 heavy (non-hydrogen) atoms. The Morgan fingerprint density at radius 1 is 1.55 bits per heavy atom. The quantitative estimate of drug-likeness (QED) is 0.605. The molecule has 1 rings (SSSR count). The van der Waals surface area contributed by atoms with Gasteiger partial charge in [-0.05, 0) is 38.8 Å². The van der Waals surface area contributed by atoms with Crippen molar-refractivity contribution in [3.05, 3.63) is 11.6 Å². The van der Waals surface area contributed by atoms with E-state index in [4.69, 9.17) is 0 Å². The minimum atomic E-state index is 0.179. The molecule has 1 atom stereocenters. The minimum absolute atomic E-state index is 0.179. The van der Waals surface area contributed by atoms with Crippen molar-refractivity contribution in [3.8, 4) is 0 Å². The van der Waals surface area contributed by atoms with Gasteiger partial charge in [-0.3, -0.25) is 4.79 Å². The van der Waals surface area contributed by atoms with Crippen molar-refractivity contribution in [1.29, 1.82) is 0 Å². The first-order valence-electron chi connectivity index (χ1n) is 4.13. The standard InChI is InChI=1S/C9H15NO/c1-7(8(2)11)6-9-4-3-5-10-9/h6,9-10H,3-5H2,1-2H3. The molecule has 0 aromatic rings. The number of carbonyl (C=O) groups excluding carboxylic acids is 1. The van der Waals surface area contributed by atoms with Gasteiger partial charge in [-0.2, -0.15) is 0 Å². The highest BCUT2D eigenvalue weighted by molar-refractivity contribution is 5.92. The van der Waals surface area contributed by atoms with Crippen LogP contribution in [0.3, 0.4) is 0 Å². The van der Waals surface area contributed by atoms with Gasteiger partial charge in [0.2, 0.25) is 0 Å². The molecule has 1 N–H and O–H groups in total. The normalized spacial score (nSPS) is 25.6. The first-order valence-corrected chi connectivity index (χ1v) is 4.13. The van der Waals surface area contributed by atoms with Gasteiger partial charge in [0, 0.05) is 6.04 Å². The molecule has 0 radical (unpaired) electrons. The summed E-state index contributed by atoms with van der Waals surface area (Å²) >= 11 is 0. The summed E-state index contributed by atoms with van der Waals surface area (Å²) in [5, 5.41) is 3.31. The summed E-state index contributed by atoms with van der Waals surface area (Å²) in [6.45, 7) is 4.58. The smallest absolute Gasteiger partial charge is 0.155 e. The number of ketones is 1. The number of Topliss-reactive ketones (excluding diaryl/α,β-unsaturated/α-hetero) is 1. The summed E-state index contributed by atoms with van der Waals surface area (Å²) < 4.78 is 0. The zero-order chi connectivity index (χ0) is 8.27. The van der Waals surface area contributed by atoms with Gasteiger partial charge in [0.1, 0.15) is 0 Å². The predicted octanol–water partition coefficient (Wildman–Crippen LogP) is 1.27. The van der Waals surface area contributed by atoms with Gasteiger partial charge >= 0.3 is 0 Å². The summed E-state index contributed by atoms with van der Waals surface area (Å²) in [4.78, 5) is 10.8. The Hall–Kier alpha value is -0.630. The average Bonchev–Trinajstić information content (AvgIpc) is 2.39. The van der Waals surface area contributed by atoms with E-state index in [1.165, 1.54) is 12.8 Å². The number of nitrogens with one attached hydrogen (secondary N) is 1. The second kappa shape index (κ2) is 3.67. The summed E-state index contributed by atoms with van der Waals surface area (Å²) in [7, 11) is 0. The van der Waals surface area contributed by atoms with Crippen LogP contribution in [0.4, 0.5) is 0 Å². The van der Waals surface area contributed by atoms with Crippen LogP contribution in [0.1, 0.15) is 26.7 Å². The minimum Gasteiger partial charge on any atom is -0.310 e. The first-order chi connectivity index (χ1) is 5.20. The molecule has 0 saturated carbocycles. The van der Waals surface area contributed by atoms with Crippen LogP contribution in [0.5, 0.6) is 0 Å². The lowest BCUT2D eigenvalue weighted by molar-refractivity contribution is -0.113. The second-order valence-electron chi connectivity index (χ2n) is 3.11. The Bertz CT molecular complexity index is 178. The summed E-state index contributed by atoms with van der Waals surface area (Å²) in [5.74, 6) is 0.179. The van der Waals surface area contributed by atoms with Gasteiger partial charge in [0.15, 0.2) is 5.78 Å². The molecule has 1 aliphatic heterocycles. The molecule has 1 fully saturated rings.